The molecule has 14 N–H and O–H groups in total. The molecule has 1 saturated carbocycles. The second-order valence-corrected chi connectivity index (χ2v) is 25.6. The number of aromatic nitrogens is 3. The number of nitrogens with two attached hydrogens (primary N) is 1. The first kappa shape index (κ1) is 67.9. The van der Waals surface area contributed by atoms with Crippen molar-refractivity contribution in [1.29, 1.82) is 0 Å². The number of aliphatic hydroxyl groups excluding tert-OH is 6. The Bertz CT molecular complexity index is 3200. The zero-order chi connectivity index (χ0) is 65.4. The van der Waals surface area contributed by atoms with Crippen LogP contribution in [0.4, 0.5) is 5.82 Å². The molecule has 494 valence electrons. The average molecular weight is 1280 g/mol. The number of β-amino-alcohol motifs (C(OH)–C–C–N with tert-alkyl or cyclic N) is 1. The van der Waals surface area contributed by atoms with Crippen molar-refractivity contribution in [2.24, 2.45) is 17.6 Å². The molecule has 4 aliphatic heterocycles. The van der Waals surface area contributed by atoms with E-state index < -0.39 is 152 Å². The summed E-state index contributed by atoms with van der Waals surface area (Å²) in [5.41, 5.74) is 7.51. The number of ether oxygens (including phenoxy) is 1. The molecule has 0 bridgehead atoms. The van der Waals surface area contributed by atoms with Crippen molar-refractivity contribution in [3.63, 3.8) is 0 Å². The third-order valence-electron chi connectivity index (χ3n) is 18.3. The van der Waals surface area contributed by atoms with Crippen molar-refractivity contribution in [2.75, 3.05) is 64.4 Å². The van der Waals surface area contributed by atoms with Gasteiger partial charge in [-0.3, -0.25) is 38.5 Å². The molecule has 5 aliphatic rings. The number of aliphatic hydroxyl groups is 6. The first-order chi connectivity index (χ1) is 43.5. The lowest BCUT2D eigenvalue weighted by molar-refractivity contribution is -0.147. The van der Waals surface area contributed by atoms with Crippen LogP contribution < -0.4 is 42.0 Å². The van der Waals surface area contributed by atoms with Crippen molar-refractivity contribution >= 4 is 58.5 Å². The molecule has 2 aromatic carbocycles. The van der Waals surface area contributed by atoms with Crippen LogP contribution in [-0.4, -0.2) is 245 Å². The summed E-state index contributed by atoms with van der Waals surface area (Å²) in [6, 6.07) is 3.97. The van der Waals surface area contributed by atoms with Gasteiger partial charge in [0, 0.05) is 99.9 Å². The third kappa shape index (κ3) is 16.1. The van der Waals surface area contributed by atoms with Crippen LogP contribution in [-0.2, 0) is 35.2 Å². The Morgan fingerprint density at radius 1 is 0.769 bits per heavy atom. The van der Waals surface area contributed by atoms with Gasteiger partial charge in [-0.1, -0.05) is 49.8 Å². The first-order valence-electron chi connectivity index (χ1n) is 31.2. The number of aromatic hydroxyl groups is 1. The Hall–Kier alpha value is -7.48. The SMILES string of the molecule is CCC1CCC(N2CCN(c3ccc(-c4nnc(-c5ccc(C(=O)N[C@H]6C[C@@H](O)CNC(=O)[C@@H]7[C@@H](O)[C@@H](C)CN7C(=O)[C@H]([C@H](O)CCN)NC(=O)[C@H]([C@H](O)Cc7ccc(O)c(OC)c7)NC(=O)[C@@H]7C[C@@H](O)CN7C(=O)[C@H]([C@@H](C)O)NC6=O)cc5)s4)cn3)CC2)CC1. The van der Waals surface area contributed by atoms with Gasteiger partial charge in [-0.15, -0.1) is 10.2 Å². The van der Waals surface area contributed by atoms with Gasteiger partial charge in [0.25, 0.3) is 5.91 Å². The second-order valence-electron chi connectivity index (χ2n) is 24.6. The normalized spacial score (nSPS) is 28.8. The van der Waals surface area contributed by atoms with Gasteiger partial charge in [0.05, 0.1) is 43.7 Å². The average Bonchev–Trinajstić information content (AvgIpc) is 1.81. The lowest BCUT2D eigenvalue weighted by Gasteiger charge is -2.42. The van der Waals surface area contributed by atoms with Gasteiger partial charge in [-0.25, -0.2) is 4.98 Å². The van der Waals surface area contributed by atoms with Crippen LogP contribution in [0.15, 0.2) is 60.8 Å². The summed E-state index contributed by atoms with van der Waals surface area (Å²) >= 11 is 1.32. The van der Waals surface area contributed by atoms with Crippen molar-refractivity contribution in [3.8, 4) is 32.6 Å². The fourth-order valence-electron chi connectivity index (χ4n) is 12.9. The fourth-order valence-corrected chi connectivity index (χ4v) is 13.7. The topological polar surface area (TPSA) is 408 Å². The summed E-state index contributed by atoms with van der Waals surface area (Å²) in [5, 5.41) is 101. The minimum Gasteiger partial charge on any atom is -0.504 e. The molecule has 28 nitrogen and oxygen atoms in total. The van der Waals surface area contributed by atoms with Gasteiger partial charge in [-0.05, 0) is 93.5 Å². The van der Waals surface area contributed by atoms with Crippen molar-refractivity contribution in [2.45, 2.75) is 157 Å². The van der Waals surface area contributed by atoms with E-state index in [-0.39, 0.29) is 42.1 Å². The zero-order valence-corrected chi connectivity index (χ0v) is 52.3. The van der Waals surface area contributed by atoms with E-state index in [1.807, 2.05) is 12.1 Å². The minimum absolute atomic E-state index is 0.00244. The van der Waals surface area contributed by atoms with Gasteiger partial charge in [-0.2, -0.15) is 0 Å². The number of methoxy groups -OCH3 is 1. The van der Waals surface area contributed by atoms with E-state index in [0.717, 1.165) is 60.2 Å². The molecule has 0 spiro atoms. The highest BCUT2D eigenvalue weighted by atomic mass is 32.1. The predicted octanol–water partition coefficient (Wildman–Crippen LogP) is -1.63. The molecule has 0 radical (unpaired) electrons. The number of pyridine rings is 1. The monoisotopic (exact) mass is 1280 g/mol. The molecule has 0 unspecified atom stereocenters. The predicted molar refractivity (Wildman–Crippen MR) is 332 cm³/mol. The van der Waals surface area contributed by atoms with Gasteiger partial charge in [0.15, 0.2) is 11.5 Å². The lowest BCUT2D eigenvalue weighted by Crippen LogP contribution is -2.64. The Balaban J connectivity index is 0.941. The van der Waals surface area contributed by atoms with Gasteiger partial charge < -0.3 is 87.5 Å². The van der Waals surface area contributed by atoms with Crippen LogP contribution in [0.1, 0.15) is 88.1 Å². The number of phenolic OH excluding ortho intramolecular Hbond substituents is 1. The number of carbonyl (C=O) groups is 7. The Labute approximate surface area is 530 Å². The number of hydrogen-bond acceptors (Lipinski definition) is 22. The number of fused-ring (bicyclic) bond motifs is 2. The maximum atomic E-state index is 14.7. The molecule has 7 amide bonds. The van der Waals surface area contributed by atoms with Crippen molar-refractivity contribution in [3.05, 3.63) is 71.9 Å². The molecule has 5 fully saturated rings. The summed E-state index contributed by atoms with van der Waals surface area (Å²) < 4.78 is 5.20. The van der Waals surface area contributed by atoms with Crippen LogP contribution in [0.3, 0.4) is 0 Å². The molecule has 91 heavy (non-hydrogen) atoms. The quantitative estimate of drug-likeness (QED) is 0.0635. The summed E-state index contributed by atoms with van der Waals surface area (Å²) in [4.78, 5) is 113. The molecule has 2 aromatic heterocycles. The number of amides is 7. The third-order valence-corrected chi connectivity index (χ3v) is 19.3. The maximum Gasteiger partial charge on any atom is 0.251 e. The van der Waals surface area contributed by atoms with E-state index in [1.54, 1.807) is 25.3 Å². The highest BCUT2D eigenvalue weighted by Crippen LogP contribution is 2.34. The van der Waals surface area contributed by atoms with E-state index in [9.17, 15) is 69.3 Å². The molecule has 13 atom stereocenters. The van der Waals surface area contributed by atoms with E-state index >= 15 is 0 Å². The summed E-state index contributed by atoms with van der Waals surface area (Å²) in [6.07, 6.45) is -3.53. The highest BCUT2D eigenvalue weighted by molar-refractivity contribution is 7.17. The molecular weight excluding hydrogens is 1200 g/mol. The second kappa shape index (κ2) is 30.3. The molecule has 4 saturated heterocycles. The summed E-state index contributed by atoms with van der Waals surface area (Å²) in [7, 11) is 1.28. The van der Waals surface area contributed by atoms with Crippen LogP contribution in [0, 0.1) is 11.8 Å². The number of phenols is 1. The molecule has 4 aromatic rings. The van der Waals surface area contributed by atoms with Crippen LogP contribution in [0.2, 0.25) is 0 Å². The van der Waals surface area contributed by atoms with Gasteiger partial charge >= 0.3 is 0 Å². The van der Waals surface area contributed by atoms with E-state index in [1.165, 1.54) is 80.9 Å². The van der Waals surface area contributed by atoms with E-state index in [2.05, 4.69) is 53.5 Å². The number of rotatable bonds is 15. The number of nitrogens with zero attached hydrogens (tertiary/aromatic N) is 7. The fraction of sp³-hybridized carbons (Fsp3) is 0.581. The maximum absolute atomic E-state index is 14.7. The molecular formula is C62H85N13O15S. The number of benzene rings is 2. The van der Waals surface area contributed by atoms with E-state index in [0.29, 0.717) is 21.6 Å². The Morgan fingerprint density at radius 3 is 2.08 bits per heavy atom. The van der Waals surface area contributed by atoms with Gasteiger partial charge in [0.2, 0.25) is 35.4 Å². The molecule has 1 aliphatic carbocycles. The summed E-state index contributed by atoms with van der Waals surface area (Å²) in [6.45, 7) is 7.13. The van der Waals surface area contributed by atoms with E-state index in [4.69, 9.17) is 15.5 Å². The minimum atomic E-state index is -2.02. The van der Waals surface area contributed by atoms with Crippen molar-refractivity contribution < 1.29 is 74.0 Å². The number of anilines is 1. The van der Waals surface area contributed by atoms with Crippen LogP contribution in [0.5, 0.6) is 11.5 Å². The molecule has 9 rings (SSSR count). The Morgan fingerprint density at radius 2 is 1.43 bits per heavy atom. The smallest absolute Gasteiger partial charge is 0.251 e. The van der Waals surface area contributed by atoms with Crippen LogP contribution >= 0.6 is 11.3 Å². The highest BCUT2D eigenvalue weighted by Gasteiger charge is 2.50. The van der Waals surface area contributed by atoms with Gasteiger partial charge in [0.1, 0.15) is 52.1 Å². The molecule has 6 heterocycles. The number of hydrogen-bond donors (Lipinski definition) is 13. The van der Waals surface area contributed by atoms with Crippen molar-refractivity contribution in [1.82, 2.24) is 56.5 Å². The summed E-state index contributed by atoms with van der Waals surface area (Å²) in [5.74, 6) is -6.77. The Kier molecular flexibility index (Phi) is 22.6. The van der Waals surface area contributed by atoms with Crippen LogP contribution in [0.25, 0.3) is 21.1 Å². The standard InChI is InChI=1S/C62H85N13O15S/c1-5-34-6-14-39(15-7-34)72-20-22-73(23-21-72)48-17-13-38(28-64-48)60-71-70-59(91-60)37-11-9-36(10-12-37)54(83)66-42-26-40(77)29-65-58(87)52-53(82)32(2)30-75(52)62(89)51(45(80)18-19-63)69-57(86)50(46(81)24-35-8-16-44(79)47(25-35)90-4)68-56(85)43-27-41(78)31-74(43)61(88)49(33(3)76)67-55(42)84/h8-13,16-17,25,28,32-34,39-43,45-46,49-53,76-82H,5-7,14-15,18-24,26-27,29-31,63H2,1-4H3,(H,65,87)(H,66,83)(H,67,84)(H,68,85)(H,69,86)/t32-,33+,34?,39?,40+,41+,42-,43-,45+,46+,49-,50-,51-,52-,53-/m0/s1. The largest absolute Gasteiger partial charge is 0.504 e. The number of piperazine rings is 1. The number of nitrogens with one attached hydrogen (secondary N) is 5. The number of carbonyl (C=O) groups excluding carboxylic acids is 7. The molecule has 29 heteroatoms. The first-order valence-corrected chi connectivity index (χ1v) is 32.0. The zero-order valence-electron chi connectivity index (χ0n) is 51.5. The lowest BCUT2D eigenvalue weighted by atomic mass is 9.84.